The van der Waals surface area contributed by atoms with E-state index in [4.69, 9.17) is 5.84 Å². The van der Waals surface area contributed by atoms with Crippen LogP contribution in [-0.2, 0) is 4.79 Å². The van der Waals surface area contributed by atoms with Gasteiger partial charge in [0, 0.05) is 12.2 Å². The number of nitrogen functional groups attached to an aromatic ring is 1. The minimum Gasteiger partial charge on any atom is -0.355 e. The van der Waals surface area contributed by atoms with Gasteiger partial charge in [-0.3, -0.25) is 4.79 Å². The number of nitrogens with two attached hydrogens (primary N) is 1. The summed E-state index contributed by atoms with van der Waals surface area (Å²) in [6, 6.07) is 1.93. The zero-order chi connectivity index (χ0) is 16.3. The molecule has 120 valence electrons. The fraction of sp³-hybridized carbons (Fsp3) is 0.538. The van der Waals surface area contributed by atoms with Crippen LogP contribution in [-0.4, -0.2) is 42.9 Å². The van der Waals surface area contributed by atoms with Gasteiger partial charge in [-0.2, -0.15) is 5.10 Å². The van der Waals surface area contributed by atoms with E-state index in [1.54, 1.807) is 4.68 Å². The van der Waals surface area contributed by atoms with Crippen molar-refractivity contribution in [1.82, 2.24) is 30.0 Å². The first kappa shape index (κ1) is 16.3. The van der Waals surface area contributed by atoms with Crippen molar-refractivity contribution in [1.29, 1.82) is 0 Å². The van der Waals surface area contributed by atoms with Crippen LogP contribution in [0.4, 0.5) is 0 Å². The second kappa shape index (κ2) is 6.82. The molecule has 0 aromatic carbocycles. The van der Waals surface area contributed by atoms with E-state index in [-0.39, 0.29) is 11.7 Å². The topological polar surface area (TPSA) is 104 Å². The lowest BCUT2D eigenvalue weighted by Gasteiger charge is -2.07. The SMILES string of the molecule is Cc1cc(C)n(-c2nnc(SCC(=O)NCC(C)C)n2N)n1. The summed E-state index contributed by atoms with van der Waals surface area (Å²) in [6.07, 6.45) is 0. The molecule has 2 aromatic rings. The lowest BCUT2D eigenvalue weighted by atomic mass is 10.2. The number of rotatable bonds is 6. The molecule has 8 nitrogen and oxygen atoms in total. The molecule has 0 radical (unpaired) electrons. The molecule has 1 amide bonds. The Kier molecular flexibility index (Phi) is 5.07. The molecule has 0 aliphatic heterocycles. The number of aryl methyl sites for hydroxylation is 2. The maximum absolute atomic E-state index is 11.7. The molecule has 9 heteroatoms. The highest BCUT2D eigenvalue weighted by Crippen LogP contribution is 2.17. The maximum atomic E-state index is 11.7. The molecule has 2 rings (SSSR count). The molecule has 0 spiro atoms. The van der Waals surface area contributed by atoms with Crippen LogP contribution in [0.1, 0.15) is 25.2 Å². The molecule has 2 heterocycles. The normalized spacial score (nSPS) is 11.1. The lowest BCUT2D eigenvalue weighted by Crippen LogP contribution is -2.29. The van der Waals surface area contributed by atoms with Crippen molar-refractivity contribution < 1.29 is 4.79 Å². The van der Waals surface area contributed by atoms with Crippen molar-refractivity contribution in [2.24, 2.45) is 5.92 Å². The summed E-state index contributed by atoms with van der Waals surface area (Å²) in [5, 5.41) is 15.7. The van der Waals surface area contributed by atoms with Crippen LogP contribution in [0.2, 0.25) is 0 Å². The molecular formula is C13H21N7OS. The number of nitrogens with one attached hydrogen (secondary N) is 1. The maximum Gasteiger partial charge on any atom is 0.271 e. The van der Waals surface area contributed by atoms with Crippen LogP contribution >= 0.6 is 11.8 Å². The highest BCUT2D eigenvalue weighted by atomic mass is 32.2. The van der Waals surface area contributed by atoms with E-state index >= 15 is 0 Å². The van der Waals surface area contributed by atoms with Gasteiger partial charge in [0.05, 0.1) is 11.4 Å². The highest BCUT2D eigenvalue weighted by molar-refractivity contribution is 7.99. The third-order valence-corrected chi connectivity index (χ3v) is 3.83. The number of nitrogens with zero attached hydrogens (tertiary/aromatic N) is 5. The molecule has 0 fully saturated rings. The predicted molar refractivity (Wildman–Crippen MR) is 85.3 cm³/mol. The van der Waals surface area contributed by atoms with Crippen molar-refractivity contribution >= 4 is 17.7 Å². The van der Waals surface area contributed by atoms with Gasteiger partial charge >= 0.3 is 0 Å². The Morgan fingerprint density at radius 3 is 2.73 bits per heavy atom. The molecule has 0 aliphatic rings. The van der Waals surface area contributed by atoms with Crippen molar-refractivity contribution in [3.63, 3.8) is 0 Å². The number of amides is 1. The first-order valence-electron chi connectivity index (χ1n) is 7.02. The smallest absolute Gasteiger partial charge is 0.271 e. The lowest BCUT2D eigenvalue weighted by molar-refractivity contribution is -0.118. The Labute approximate surface area is 133 Å². The largest absolute Gasteiger partial charge is 0.355 e. The summed E-state index contributed by atoms with van der Waals surface area (Å²) >= 11 is 1.25. The summed E-state index contributed by atoms with van der Waals surface area (Å²) in [4.78, 5) is 11.7. The van der Waals surface area contributed by atoms with E-state index in [0.717, 1.165) is 11.4 Å². The van der Waals surface area contributed by atoms with Crippen molar-refractivity contribution in [2.45, 2.75) is 32.9 Å². The van der Waals surface area contributed by atoms with Crippen LogP contribution in [0.3, 0.4) is 0 Å². The van der Waals surface area contributed by atoms with E-state index in [1.807, 2.05) is 33.8 Å². The third-order valence-electron chi connectivity index (χ3n) is 2.89. The summed E-state index contributed by atoms with van der Waals surface area (Å²) in [5.74, 6) is 7.05. The molecule has 0 aliphatic carbocycles. The summed E-state index contributed by atoms with van der Waals surface area (Å²) < 4.78 is 2.98. The monoisotopic (exact) mass is 323 g/mol. The van der Waals surface area contributed by atoms with Crippen LogP contribution in [0.25, 0.3) is 5.95 Å². The van der Waals surface area contributed by atoms with E-state index in [0.29, 0.717) is 23.6 Å². The van der Waals surface area contributed by atoms with Gasteiger partial charge in [0.25, 0.3) is 5.95 Å². The fourth-order valence-corrected chi connectivity index (χ4v) is 2.52. The number of hydrogen-bond acceptors (Lipinski definition) is 6. The Morgan fingerprint density at radius 2 is 2.14 bits per heavy atom. The minimum atomic E-state index is -0.0469. The zero-order valence-electron chi connectivity index (χ0n) is 13.2. The number of hydrogen-bond donors (Lipinski definition) is 2. The average molecular weight is 323 g/mol. The standard InChI is InChI=1S/C13H21N7OS/c1-8(2)6-15-11(21)7-22-13-17-16-12(19(13)14)20-10(4)5-9(3)18-20/h5,8H,6-7,14H2,1-4H3,(H,15,21). The summed E-state index contributed by atoms with van der Waals surface area (Å²) in [5.41, 5.74) is 1.80. The second-order valence-corrected chi connectivity index (χ2v) is 6.42. The molecule has 0 saturated heterocycles. The first-order chi connectivity index (χ1) is 10.4. The van der Waals surface area contributed by atoms with Gasteiger partial charge in [-0.1, -0.05) is 25.6 Å². The van der Waals surface area contributed by atoms with Gasteiger partial charge in [-0.15, -0.1) is 10.2 Å². The molecule has 3 N–H and O–H groups in total. The Balaban J connectivity index is 2.02. The Bertz CT molecular complexity index is 661. The highest BCUT2D eigenvalue weighted by Gasteiger charge is 2.15. The summed E-state index contributed by atoms with van der Waals surface area (Å²) in [6.45, 7) is 8.57. The molecule has 0 unspecified atom stereocenters. The van der Waals surface area contributed by atoms with Gasteiger partial charge in [-0.25, -0.2) is 9.36 Å². The van der Waals surface area contributed by atoms with Gasteiger partial charge in [0.2, 0.25) is 11.1 Å². The first-order valence-corrected chi connectivity index (χ1v) is 8.00. The molecule has 2 aromatic heterocycles. The quantitative estimate of drug-likeness (QED) is 0.598. The summed E-state index contributed by atoms with van der Waals surface area (Å²) in [7, 11) is 0. The molecule has 0 atom stereocenters. The molecular weight excluding hydrogens is 302 g/mol. The van der Waals surface area contributed by atoms with E-state index < -0.39 is 0 Å². The third kappa shape index (κ3) is 3.79. The Hall–Kier alpha value is -2.03. The minimum absolute atomic E-state index is 0.0469. The van der Waals surface area contributed by atoms with Gasteiger partial charge in [0.1, 0.15) is 0 Å². The molecule has 0 bridgehead atoms. The number of carbonyl (C=O) groups is 1. The van der Waals surface area contributed by atoms with Crippen LogP contribution in [0.5, 0.6) is 0 Å². The zero-order valence-corrected chi connectivity index (χ0v) is 14.0. The van der Waals surface area contributed by atoms with Gasteiger partial charge < -0.3 is 11.2 Å². The van der Waals surface area contributed by atoms with Crippen molar-refractivity contribution in [2.75, 3.05) is 18.1 Å². The van der Waals surface area contributed by atoms with E-state index in [1.165, 1.54) is 16.4 Å². The van der Waals surface area contributed by atoms with Gasteiger partial charge in [0.15, 0.2) is 0 Å². The van der Waals surface area contributed by atoms with Crippen LogP contribution < -0.4 is 11.2 Å². The molecule has 0 saturated carbocycles. The molecule has 22 heavy (non-hydrogen) atoms. The van der Waals surface area contributed by atoms with Crippen molar-refractivity contribution in [3.8, 4) is 5.95 Å². The van der Waals surface area contributed by atoms with Crippen LogP contribution in [0, 0.1) is 19.8 Å². The van der Waals surface area contributed by atoms with Crippen molar-refractivity contribution in [3.05, 3.63) is 17.5 Å². The average Bonchev–Trinajstić information content (AvgIpc) is 2.96. The predicted octanol–water partition coefficient (Wildman–Crippen LogP) is 0.659. The van der Waals surface area contributed by atoms with E-state index in [9.17, 15) is 4.79 Å². The Morgan fingerprint density at radius 1 is 1.41 bits per heavy atom. The second-order valence-electron chi connectivity index (χ2n) is 5.48. The fourth-order valence-electron chi connectivity index (χ4n) is 1.84. The van der Waals surface area contributed by atoms with Crippen LogP contribution in [0.15, 0.2) is 11.2 Å². The number of aromatic nitrogens is 5. The number of thioether (sulfide) groups is 1. The van der Waals surface area contributed by atoms with Gasteiger partial charge in [-0.05, 0) is 25.8 Å². The van der Waals surface area contributed by atoms with E-state index in [2.05, 4.69) is 20.6 Å². The number of carbonyl (C=O) groups excluding carboxylic acids is 1.